The molecule has 0 unspecified atom stereocenters. The van der Waals surface area contributed by atoms with Gasteiger partial charge in [0.15, 0.2) is 0 Å². The molecule has 140 valence electrons. The maximum Gasteiger partial charge on any atom is 0.223 e. The molecule has 4 nitrogen and oxygen atoms in total. The monoisotopic (exact) mass is 337 g/mol. The molecule has 2 rings (SSSR count). The summed E-state index contributed by atoms with van der Waals surface area (Å²) in [4.78, 5) is 17.4. The number of carbonyl (C=O) groups excluding carboxylic acids is 1. The molecule has 24 heavy (non-hydrogen) atoms. The maximum atomic E-state index is 12.3. The van der Waals surface area contributed by atoms with Crippen LogP contribution < -0.4 is 5.32 Å². The first kappa shape index (κ1) is 19.7. The van der Waals surface area contributed by atoms with Crippen molar-refractivity contribution in [2.24, 2.45) is 11.8 Å². The third-order valence-corrected chi connectivity index (χ3v) is 6.05. The van der Waals surface area contributed by atoms with Gasteiger partial charge < -0.3 is 15.1 Å². The second-order valence-electron chi connectivity index (χ2n) is 7.78. The van der Waals surface area contributed by atoms with E-state index in [4.69, 9.17) is 0 Å². The van der Waals surface area contributed by atoms with E-state index in [1.807, 2.05) is 0 Å². The van der Waals surface area contributed by atoms with Crippen molar-refractivity contribution < 1.29 is 4.79 Å². The van der Waals surface area contributed by atoms with Gasteiger partial charge in [0.05, 0.1) is 0 Å². The molecule has 1 amide bonds. The van der Waals surface area contributed by atoms with Gasteiger partial charge in [-0.3, -0.25) is 4.79 Å². The van der Waals surface area contributed by atoms with Crippen LogP contribution in [-0.4, -0.2) is 61.5 Å². The maximum absolute atomic E-state index is 12.3. The fourth-order valence-electron chi connectivity index (χ4n) is 4.19. The molecule has 2 aliphatic rings. The molecule has 2 fully saturated rings. The van der Waals surface area contributed by atoms with Crippen LogP contribution in [0, 0.1) is 11.8 Å². The molecule has 0 aromatic heterocycles. The average molecular weight is 338 g/mol. The normalized spacial score (nSPS) is 26.4. The predicted molar refractivity (Wildman–Crippen MR) is 101 cm³/mol. The number of hydrogen-bond acceptors (Lipinski definition) is 3. The third-order valence-electron chi connectivity index (χ3n) is 6.05. The van der Waals surface area contributed by atoms with Crippen molar-refractivity contribution in [3.05, 3.63) is 0 Å². The Morgan fingerprint density at radius 3 is 2.25 bits per heavy atom. The van der Waals surface area contributed by atoms with E-state index in [1.165, 1.54) is 64.8 Å². The van der Waals surface area contributed by atoms with Crippen LogP contribution in [0.1, 0.15) is 65.2 Å². The fraction of sp³-hybridized carbons (Fsp3) is 0.950. The molecule has 0 spiro atoms. The van der Waals surface area contributed by atoms with Crippen LogP contribution >= 0.6 is 0 Å². The first-order chi connectivity index (χ1) is 11.7. The first-order valence-electron chi connectivity index (χ1n) is 10.4. The number of nitrogens with zero attached hydrogens (tertiary/aromatic N) is 2. The summed E-state index contributed by atoms with van der Waals surface area (Å²) in [6, 6.07) is 0. The number of amides is 1. The van der Waals surface area contributed by atoms with Crippen LogP contribution in [-0.2, 0) is 4.79 Å². The number of piperazine rings is 1. The van der Waals surface area contributed by atoms with Crippen molar-refractivity contribution in [1.29, 1.82) is 0 Å². The Hall–Kier alpha value is -0.610. The van der Waals surface area contributed by atoms with Crippen LogP contribution in [0.4, 0.5) is 0 Å². The fourth-order valence-corrected chi connectivity index (χ4v) is 4.19. The van der Waals surface area contributed by atoms with Crippen LogP contribution in [0.25, 0.3) is 0 Å². The lowest BCUT2D eigenvalue weighted by Gasteiger charge is -2.34. The van der Waals surface area contributed by atoms with Crippen LogP contribution in [0.15, 0.2) is 0 Å². The van der Waals surface area contributed by atoms with Crippen molar-refractivity contribution in [1.82, 2.24) is 15.1 Å². The van der Waals surface area contributed by atoms with Gasteiger partial charge in [-0.25, -0.2) is 0 Å². The van der Waals surface area contributed by atoms with Crippen molar-refractivity contribution in [2.75, 3.05) is 45.8 Å². The molecule has 4 heteroatoms. The summed E-state index contributed by atoms with van der Waals surface area (Å²) in [6.07, 6.45) is 9.86. The molecule has 1 heterocycles. The average Bonchev–Trinajstić information content (AvgIpc) is 2.64. The van der Waals surface area contributed by atoms with Gasteiger partial charge in [-0.15, -0.1) is 0 Å². The first-order valence-corrected chi connectivity index (χ1v) is 10.4. The Labute approximate surface area is 149 Å². The Morgan fingerprint density at radius 1 is 0.958 bits per heavy atom. The summed E-state index contributed by atoms with van der Waals surface area (Å²) >= 11 is 0. The number of rotatable bonds is 9. The summed E-state index contributed by atoms with van der Waals surface area (Å²) in [7, 11) is 0. The minimum atomic E-state index is 0.288. The summed E-state index contributed by atoms with van der Waals surface area (Å²) in [5.41, 5.74) is 0. The van der Waals surface area contributed by atoms with E-state index in [-0.39, 0.29) is 5.92 Å². The van der Waals surface area contributed by atoms with Crippen molar-refractivity contribution in [3.63, 3.8) is 0 Å². The Balaban J connectivity index is 1.51. The summed E-state index contributed by atoms with van der Waals surface area (Å²) in [5, 5.41) is 3.19. The molecule has 0 aromatic rings. The Bertz CT molecular complexity index is 345. The van der Waals surface area contributed by atoms with Crippen LogP contribution in [0.3, 0.4) is 0 Å². The zero-order valence-corrected chi connectivity index (χ0v) is 16.1. The predicted octanol–water partition coefficient (Wildman–Crippen LogP) is 3.13. The molecule has 1 saturated carbocycles. The molecule has 1 N–H and O–H groups in total. The van der Waals surface area contributed by atoms with E-state index in [2.05, 4.69) is 29.0 Å². The quantitative estimate of drug-likeness (QED) is 0.657. The minimum absolute atomic E-state index is 0.288. The second-order valence-corrected chi connectivity index (χ2v) is 7.78. The second kappa shape index (κ2) is 11.1. The number of hydrogen-bond donors (Lipinski definition) is 1. The van der Waals surface area contributed by atoms with Gasteiger partial charge in [0.25, 0.3) is 0 Å². The Kier molecular flexibility index (Phi) is 9.11. The largest absolute Gasteiger partial charge is 0.356 e. The Morgan fingerprint density at radius 2 is 1.62 bits per heavy atom. The highest BCUT2D eigenvalue weighted by Gasteiger charge is 2.25. The SMILES string of the molecule is CCCCC1CCC(C(=O)NCCCN2CCN(CC)CC2)CC1. The highest BCUT2D eigenvalue weighted by Crippen LogP contribution is 2.31. The smallest absolute Gasteiger partial charge is 0.223 e. The molecule has 1 aliphatic carbocycles. The van der Waals surface area contributed by atoms with Crippen molar-refractivity contribution in [3.8, 4) is 0 Å². The molecular formula is C20H39N3O. The lowest BCUT2D eigenvalue weighted by atomic mass is 9.79. The van der Waals surface area contributed by atoms with Gasteiger partial charge in [-0.2, -0.15) is 0 Å². The van der Waals surface area contributed by atoms with Gasteiger partial charge >= 0.3 is 0 Å². The molecule has 1 aliphatic heterocycles. The van der Waals surface area contributed by atoms with E-state index in [1.54, 1.807) is 0 Å². The van der Waals surface area contributed by atoms with Crippen LogP contribution in [0.5, 0.6) is 0 Å². The summed E-state index contributed by atoms with van der Waals surface area (Å²) in [6.45, 7) is 12.4. The van der Waals surface area contributed by atoms with E-state index < -0.39 is 0 Å². The van der Waals surface area contributed by atoms with Gasteiger partial charge in [0, 0.05) is 38.6 Å². The topological polar surface area (TPSA) is 35.6 Å². The molecule has 0 aromatic carbocycles. The van der Waals surface area contributed by atoms with Crippen molar-refractivity contribution >= 4 is 5.91 Å². The van der Waals surface area contributed by atoms with Gasteiger partial charge in [0.2, 0.25) is 5.91 Å². The highest BCUT2D eigenvalue weighted by molar-refractivity contribution is 5.78. The lowest BCUT2D eigenvalue weighted by Crippen LogP contribution is -2.46. The molecule has 1 saturated heterocycles. The number of nitrogens with one attached hydrogen (secondary N) is 1. The standard InChI is InChI=1S/C20H39N3O/c1-3-5-7-18-8-10-19(11-9-18)20(24)21-12-6-13-23-16-14-22(4-2)15-17-23/h18-19H,3-17H2,1-2H3,(H,21,24). The molecular weight excluding hydrogens is 298 g/mol. The molecule has 0 bridgehead atoms. The third kappa shape index (κ3) is 6.72. The zero-order chi connectivity index (χ0) is 17.2. The molecule has 0 radical (unpaired) electrons. The van der Waals surface area contributed by atoms with Crippen molar-refractivity contribution in [2.45, 2.75) is 65.2 Å². The lowest BCUT2D eigenvalue weighted by molar-refractivity contribution is -0.126. The number of likely N-dealkylation sites (N-methyl/N-ethyl adjacent to an activating group) is 1. The van der Waals surface area contributed by atoms with E-state index in [0.717, 1.165) is 38.3 Å². The van der Waals surface area contributed by atoms with E-state index >= 15 is 0 Å². The van der Waals surface area contributed by atoms with Gasteiger partial charge in [-0.1, -0.05) is 33.1 Å². The van der Waals surface area contributed by atoms with Crippen LogP contribution in [0.2, 0.25) is 0 Å². The van der Waals surface area contributed by atoms with Gasteiger partial charge in [-0.05, 0) is 51.1 Å². The summed E-state index contributed by atoms with van der Waals surface area (Å²) in [5.74, 6) is 1.49. The van der Waals surface area contributed by atoms with E-state index in [9.17, 15) is 4.79 Å². The zero-order valence-electron chi connectivity index (χ0n) is 16.1. The number of carbonyl (C=O) groups is 1. The van der Waals surface area contributed by atoms with E-state index in [0.29, 0.717) is 5.91 Å². The number of unbranched alkanes of at least 4 members (excludes halogenated alkanes) is 1. The minimum Gasteiger partial charge on any atom is -0.356 e. The van der Waals surface area contributed by atoms with Gasteiger partial charge in [0.1, 0.15) is 0 Å². The highest BCUT2D eigenvalue weighted by atomic mass is 16.1. The molecule has 0 atom stereocenters. The summed E-state index contributed by atoms with van der Waals surface area (Å²) < 4.78 is 0.